The Morgan fingerprint density at radius 2 is 1.30 bits per heavy atom. The zero-order valence-corrected chi connectivity index (χ0v) is 21.6. The summed E-state index contributed by atoms with van der Waals surface area (Å²) in [7, 11) is -11.3. The maximum atomic E-state index is 11.4. The van der Waals surface area contributed by atoms with Gasteiger partial charge in [-0.3, -0.25) is 0 Å². The molecule has 0 bridgehead atoms. The highest BCUT2D eigenvalue weighted by Gasteiger charge is 2.47. The van der Waals surface area contributed by atoms with Crippen molar-refractivity contribution in [3.05, 3.63) is 81.5 Å². The zero-order chi connectivity index (χ0) is 28.2. The minimum atomic E-state index is -6.72. The highest BCUT2D eigenvalue weighted by Crippen LogP contribution is 2.36. The molecule has 1 aliphatic carbocycles. The highest BCUT2D eigenvalue weighted by molar-refractivity contribution is 8.13. The first-order valence-electron chi connectivity index (χ1n) is 10.3. The molecule has 0 N–H and O–H groups in total. The van der Waals surface area contributed by atoms with Crippen molar-refractivity contribution in [2.45, 2.75) is 36.3 Å². The van der Waals surface area contributed by atoms with E-state index in [2.05, 4.69) is 79.2 Å². The topological polar surface area (TPSA) is 85.4 Å². The summed E-state index contributed by atoms with van der Waals surface area (Å²) in [6, 6.07) is 21.1. The maximum Gasteiger partial charge on any atom is 0.480 e. The molecule has 0 heterocycles. The van der Waals surface area contributed by atoms with Gasteiger partial charge in [0.05, 0.1) is 0 Å². The van der Waals surface area contributed by atoms with Gasteiger partial charge in [-0.05, 0) is 24.5 Å². The van der Waals surface area contributed by atoms with Crippen LogP contribution in [0.25, 0.3) is 9.70 Å². The second-order valence-corrected chi connectivity index (χ2v) is 11.7. The molecule has 6 nitrogen and oxygen atoms in total. The van der Waals surface area contributed by atoms with Crippen LogP contribution in [0.5, 0.6) is 0 Å². The molecule has 0 spiro atoms. The van der Waals surface area contributed by atoms with E-state index >= 15 is 0 Å². The zero-order valence-electron chi connectivity index (χ0n) is 19.3. The lowest BCUT2D eigenvalue weighted by atomic mass is 10.0. The average Bonchev–Trinajstić information content (AvgIpc) is 3.07. The fraction of sp³-hybridized carbons (Fsp3) is 0.318. The number of rotatable bonds is 5. The molecule has 3 rings (SSSR count). The Hall–Kier alpha value is -2.42. The molecule has 37 heavy (non-hydrogen) atoms. The monoisotopic (exact) mass is 590 g/mol. The van der Waals surface area contributed by atoms with E-state index in [0.717, 1.165) is 17.1 Å². The van der Waals surface area contributed by atoms with Gasteiger partial charge in [0.1, 0.15) is 12.4 Å². The summed E-state index contributed by atoms with van der Waals surface area (Å²) in [4.78, 5) is 0. The van der Waals surface area contributed by atoms with Crippen molar-refractivity contribution in [2.75, 3.05) is 7.05 Å². The molecule has 2 aromatic carbocycles. The van der Waals surface area contributed by atoms with E-state index in [1.165, 1.54) is 28.0 Å². The Kier molecular flexibility index (Phi) is 9.61. The third-order valence-electron chi connectivity index (χ3n) is 5.09. The van der Waals surface area contributed by atoms with Crippen molar-refractivity contribution in [3.63, 3.8) is 0 Å². The second-order valence-electron chi connectivity index (χ2n) is 7.78. The van der Waals surface area contributed by atoms with E-state index < -0.39 is 31.1 Å². The van der Waals surface area contributed by atoms with E-state index in [0.29, 0.717) is 0 Å². The Labute approximate surface area is 215 Å². The number of hydrogen-bond acceptors (Lipinski definition) is 4. The quantitative estimate of drug-likeness (QED) is 0.250. The summed E-state index contributed by atoms with van der Waals surface area (Å²) in [5, 5.41) is 0.0592. The molecule has 0 saturated heterocycles. The molecule has 0 amide bonds. The summed E-state index contributed by atoms with van der Waals surface area (Å²) in [6.45, 7) is 3.08. The standard InChI is InChI=1S/C20H21ClN.C2F6NO4S2/c1-15-18(17-11-7-4-8-12-17)13-19(21)20(15)22(2)14-16-9-5-3-6-10-16;3-1(4,5)14(10,11)9-15(12,13)2(6,7)8/h3-12,19H,13-14H2,1-2H3;/q+1;-1. The molecular weight excluding hydrogens is 570 g/mol. The fourth-order valence-corrected chi connectivity index (χ4v) is 5.67. The van der Waals surface area contributed by atoms with Crippen molar-refractivity contribution < 1.29 is 47.8 Å². The van der Waals surface area contributed by atoms with Gasteiger partial charge in [-0.1, -0.05) is 60.7 Å². The molecule has 0 aliphatic heterocycles. The third-order valence-corrected chi connectivity index (χ3v) is 8.20. The van der Waals surface area contributed by atoms with Crippen LogP contribution < -0.4 is 0 Å². The van der Waals surface area contributed by atoms with E-state index in [9.17, 15) is 43.2 Å². The lowest BCUT2D eigenvalue weighted by molar-refractivity contribution is -0.514. The van der Waals surface area contributed by atoms with Crippen LogP contribution in [0.1, 0.15) is 24.5 Å². The van der Waals surface area contributed by atoms with Crippen molar-refractivity contribution in [2.24, 2.45) is 0 Å². The van der Waals surface area contributed by atoms with Gasteiger partial charge < -0.3 is 4.13 Å². The Morgan fingerprint density at radius 1 is 0.865 bits per heavy atom. The molecule has 15 heteroatoms. The normalized spacial score (nSPS) is 18.4. The summed E-state index contributed by atoms with van der Waals surface area (Å²) >= 11 is 6.66. The predicted molar refractivity (Wildman–Crippen MR) is 128 cm³/mol. The lowest BCUT2D eigenvalue weighted by Gasteiger charge is -2.22. The fourth-order valence-electron chi connectivity index (χ4n) is 3.47. The number of benzene rings is 2. The van der Waals surface area contributed by atoms with Crippen LogP contribution in [0.15, 0.2) is 66.2 Å². The number of allylic oxidation sites excluding steroid dienone is 2. The van der Waals surface area contributed by atoms with Gasteiger partial charge in [-0.2, -0.15) is 26.3 Å². The lowest BCUT2D eigenvalue weighted by Crippen LogP contribution is -2.30. The van der Waals surface area contributed by atoms with Gasteiger partial charge in [0.15, 0.2) is 32.3 Å². The van der Waals surface area contributed by atoms with Gasteiger partial charge in [-0.25, -0.2) is 21.4 Å². The summed E-state index contributed by atoms with van der Waals surface area (Å²) in [5.41, 5.74) is -5.86. The van der Waals surface area contributed by atoms with E-state index in [1.54, 1.807) is 0 Å². The predicted octanol–water partition coefficient (Wildman–Crippen LogP) is 5.81. The molecule has 1 aliphatic rings. The van der Waals surface area contributed by atoms with E-state index in [1.807, 2.05) is 0 Å². The smallest absolute Gasteiger partial charge is 0.421 e. The molecule has 0 fully saturated rings. The Balaban J connectivity index is 0.000000283. The Morgan fingerprint density at radius 3 is 1.73 bits per heavy atom. The number of alkyl halides is 7. The maximum absolute atomic E-state index is 11.4. The SMILES string of the molecule is CC1=C(c2ccccc2)CC(Cl)C1=[N+](C)Cc1ccccc1.O=S(=O)([N-]S(=O)(=O)C(F)(F)F)C(F)(F)F. The highest BCUT2D eigenvalue weighted by atomic mass is 35.5. The first-order valence-corrected chi connectivity index (χ1v) is 13.6. The van der Waals surface area contributed by atoms with Crippen LogP contribution in [0.4, 0.5) is 26.3 Å². The van der Waals surface area contributed by atoms with Crippen LogP contribution in [0.3, 0.4) is 0 Å². The number of nitrogens with zero attached hydrogens (tertiary/aromatic N) is 2. The minimum absolute atomic E-state index is 0.0592. The molecule has 0 saturated carbocycles. The first kappa shape index (κ1) is 30.8. The van der Waals surface area contributed by atoms with Gasteiger partial charge in [0.25, 0.3) is 0 Å². The molecule has 2 aromatic rings. The molecule has 0 aromatic heterocycles. The largest absolute Gasteiger partial charge is 0.480 e. The van der Waals surface area contributed by atoms with Crippen molar-refractivity contribution in [1.82, 2.24) is 0 Å². The second kappa shape index (κ2) is 11.5. The summed E-state index contributed by atoms with van der Waals surface area (Å²) in [6.07, 6.45) is 0.909. The van der Waals surface area contributed by atoms with Gasteiger partial charge >= 0.3 is 11.0 Å². The van der Waals surface area contributed by atoms with Crippen molar-refractivity contribution >= 4 is 42.9 Å². The summed E-state index contributed by atoms with van der Waals surface area (Å²) < 4.78 is 111. The molecule has 1 atom stereocenters. The average molecular weight is 591 g/mol. The van der Waals surface area contributed by atoms with Crippen molar-refractivity contribution in [3.8, 4) is 0 Å². The molecule has 0 radical (unpaired) electrons. The molecular formula is C22H21ClF6N2O4S2. The van der Waals surface area contributed by atoms with Crippen LogP contribution in [-0.4, -0.2) is 50.6 Å². The number of hydrogen-bond donors (Lipinski definition) is 0. The number of sulfonamides is 2. The third kappa shape index (κ3) is 7.79. The van der Waals surface area contributed by atoms with Crippen molar-refractivity contribution in [1.29, 1.82) is 0 Å². The molecule has 1 unspecified atom stereocenters. The molecule has 204 valence electrons. The van der Waals surface area contributed by atoms with Crippen LogP contribution >= 0.6 is 11.6 Å². The first-order chi connectivity index (χ1) is 16.9. The van der Waals surface area contributed by atoms with E-state index in [4.69, 9.17) is 11.6 Å². The minimum Gasteiger partial charge on any atom is -0.421 e. The van der Waals surface area contributed by atoms with E-state index in [-0.39, 0.29) is 5.38 Å². The Bertz CT molecular complexity index is 1330. The van der Waals surface area contributed by atoms with Gasteiger partial charge in [0, 0.05) is 11.1 Å². The van der Waals surface area contributed by atoms with Crippen LogP contribution in [0.2, 0.25) is 0 Å². The van der Waals surface area contributed by atoms with Gasteiger partial charge in [0.2, 0.25) is 0 Å². The van der Waals surface area contributed by atoms with Crippen LogP contribution in [0, 0.1) is 0 Å². The number of halogens is 7. The summed E-state index contributed by atoms with van der Waals surface area (Å²) in [5.74, 6) is 0. The van der Waals surface area contributed by atoms with Crippen LogP contribution in [-0.2, 0) is 26.6 Å². The van der Waals surface area contributed by atoms with Gasteiger partial charge in [-0.15, -0.1) is 11.6 Å².